The van der Waals surface area contributed by atoms with Crippen LogP contribution in [0.5, 0.6) is 0 Å². The molecule has 0 aromatic rings. The molecule has 4 nitrogen and oxygen atoms in total. The van der Waals surface area contributed by atoms with E-state index in [9.17, 15) is 4.79 Å². The van der Waals surface area contributed by atoms with Gasteiger partial charge in [-0.2, -0.15) is 0 Å². The van der Waals surface area contributed by atoms with Crippen molar-refractivity contribution in [3.8, 4) is 0 Å². The predicted octanol–water partition coefficient (Wildman–Crippen LogP) is -0.142. The number of nitrogens with zero attached hydrogens (tertiary/aromatic N) is 1. The van der Waals surface area contributed by atoms with Crippen molar-refractivity contribution in [3.05, 3.63) is 0 Å². The summed E-state index contributed by atoms with van der Waals surface area (Å²) < 4.78 is 0. The van der Waals surface area contributed by atoms with Crippen LogP contribution in [0.25, 0.3) is 0 Å². The van der Waals surface area contributed by atoms with Gasteiger partial charge < -0.3 is 11.5 Å². The minimum atomic E-state index is -0.330. The van der Waals surface area contributed by atoms with E-state index in [1.165, 1.54) is 0 Å². The van der Waals surface area contributed by atoms with Gasteiger partial charge in [0.15, 0.2) is 0 Å². The van der Waals surface area contributed by atoms with Gasteiger partial charge in [0.1, 0.15) is 0 Å². The van der Waals surface area contributed by atoms with E-state index in [4.69, 9.17) is 23.7 Å². The highest BCUT2D eigenvalue weighted by Crippen LogP contribution is 2.05. The molecule has 0 bridgehead atoms. The van der Waals surface area contributed by atoms with Crippen LogP contribution in [0, 0.1) is 0 Å². The van der Waals surface area contributed by atoms with Crippen LogP contribution in [0.3, 0.4) is 0 Å². The molecule has 1 unspecified atom stereocenters. The highest BCUT2D eigenvalue weighted by Gasteiger charge is 2.14. The lowest BCUT2D eigenvalue weighted by atomic mass is 10.1. The second-order valence-corrected chi connectivity index (χ2v) is 3.64. The molecule has 0 aliphatic carbocycles. The summed E-state index contributed by atoms with van der Waals surface area (Å²) in [4.78, 5) is 13.0. The molecule has 0 saturated carbocycles. The van der Waals surface area contributed by atoms with Crippen LogP contribution in [-0.2, 0) is 4.79 Å². The summed E-state index contributed by atoms with van der Waals surface area (Å²) in [5.41, 5.74) is 10.5. The predicted molar refractivity (Wildman–Crippen MR) is 57.3 cm³/mol. The third-order valence-electron chi connectivity index (χ3n) is 1.94. The van der Waals surface area contributed by atoms with E-state index < -0.39 is 0 Å². The van der Waals surface area contributed by atoms with Crippen molar-refractivity contribution in [2.75, 3.05) is 13.6 Å². The van der Waals surface area contributed by atoms with Gasteiger partial charge in [-0.1, -0.05) is 19.1 Å². The third-order valence-corrected chi connectivity index (χ3v) is 2.10. The molecule has 0 fully saturated rings. The zero-order chi connectivity index (χ0) is 10.4. The average molecular weight is 203 g/mol. The Hall–Kier alpha value is -0.680. The van der Waals surface area contributed by atoms with Crippen LogP contribution in [0.1, 0.15) is 19.8 Å². The van der Waals surface area contributed by atoms with Crippen molar-refractivity contribution in [1.29, 1.82) is 0 Å². The molecule has 1 amide bonds. The van der Waals surface area contributed by atoms with Gasteiger partial charge in [-0.25, -0.2) is 0 Å². The van der Waals surface area contributed by atoms with Crippen molar-refractivity contribution in [2.24, 2.45) is 11.5 Å². The Balaban J connectivity index is 4.06. The molecule has 0 heterocycles. The molecule has 4 N–H and O–H groups in total. The van der Waals surface area contributed by atoms with E-state index in [1.54, 1.807) is 0 Å². The fraction of sp³-hybridized carbons (Fsp3) is 0.750. The first-order valence-electron chi connectivity index (χ1n) is 4.24. The van der Waals surface area contributed by atoms with Crippen molar-refractivity contribution in [2.45, 2.75) is 25.8 Å². The molecule has 0 aromatic carbocycles. The molecule has 0 aromatic heterocycles. The lowest BCUT2D eigenvalue weighted by molar-refractivity contribution is -0.119. The highest BCUT2D eigenvalue weighted by molar-refractivity contribution is 7.80. The molecule has 0 aliphatic heterocycles. The molecule has 5 heteroatoms. The lowest BCUT2D eigenvalue weighted by Gasteiger charge is -2.25. The van der Waals surface area contributed by atoms with E-state index in [1.807, 2.05) is 18.9 Å². The number of carbonyl (C=O) groups is 1. The fourth-order valence-electron chi connectivity index (χ4n) is 1.22. The first-order chi connectivity index (χ1) is 5.97. The summed E-state index contributed by atoms with van der Waals surface area (Å²) in [5.74, 6) is -0.330. The third kappa shape index (κ3) is 5.54. The Bertz CT molecular complexity index is 196. The van der Waals surface area contributed by atoms with Crippen LogP contribution in [0.4, 0.5) is 0 Å². The van der Waals surface area contributed by atoms with Crippen LogP contribution in [-0.4, -0.2) is 35.4 Å². The lowest BCUT2D eigenvalue weighted by Crippen LogP contribution is -2.39. The number of carbonyl (C=O) groups excluding carboxylic acids is 1. The standard InChI is InChI=1S/C8H17N3OS/c1-3-6(4-8(10)13)11(2)5-7(9)12/h6H,3-5H2,1-2H3,(H2,9,12)(H2,10,13). The number of amides is 1. The second kappa shape index (κ2) is 5.88. The largest absolute Gasteiger partial charge is 0.393 e. The van der Waals surface area contributed by atoms with Crippen molar-refractivity contribution in [3.63, 3.8) is 0 Å². The van der Waals surface area contributed by atoms with Crippen molar-refractivity contribution in [1.82, 2.24) is 4.90 Å². The monoisotopic (exact) mass is 203 g/mol. The normalized spacial score (nSPS) is 12.8. The Morgan fingerprint density at radius 2 is 2.08 bits per heavy atom. The van der Waals surface area contributed by atoms with Crippen molar-refractivity contribution < 1.29 is 4.79 Å². The van der Waals surface area contributed by atoms with E-state index in [2.05, 4.69) is 0 Å². The van der Waals surface area contributed by atoms with E-state index in [-0.39, 0.29) is 18.5 Å². The Morgan fingerprint density at radius 1 is 1.54 bits per heavy atom. The van der Waals surface area contributed by atoms with Gasteiger partial charge in [0.2, 0.25) is 5.91 Å². The molecule has 0 aliphatic rings. The number of nitrogens with two attached hydrogens (primary N) is 2. The maximum Gasteiger partial charge on any atom is 0.231 e. The van der Waals surface area contributed by atoms with E-state index >= 15 is 0 Å². The zero-order valence-corrected chi connectivity index (χ0v) is 8.93. The maximum absolute atomic E-state index is 10.6. The molecule has 0 rings (SSSR count). The van der Waals surface area contributed by atoms with Crippen LogP contribution in [0.15, 0.2) is 0 Å². The van der Waals surface area contributed by atoms with Crippen LogP contribution < -0.4 is 11.5 Å². The Morgan fingerprint density at radius 3 is 2.38 bits per heavy atom. The number of rotatable bonds is 6. The second-order valence-electron chi connectivity index (χ2n) is 3.11. The fourth-order valence-corrected chi connectivity index (χ4v) is 1.41. The molecule has 0 radical (unpaired) electrons. The summed E-state index contributed by atoms with van der Waals surface area (Å²) >= 11 is 4.81. The van der Waals surface area contributed by atoms with Crippen LogP contribution >= 0.6 is 12.2 Å². The topological polar surface area (TPSA) is 72.3 Å². The molecule has 1 atom stereocenters. The minimum absolute atomic E-state index is 0.213. The first-order valence-corrected chi connectivity index (χ1v) is 4.65. The van der Waals surface area contributed by atoms with Gasteiger partial charge in [0.05, 0.1) is 11.5 Å². The van der Waals surface area contributed by atoms with Gasteiger partial charge in [0.25, 0.3) is 0 Å². The number of hydrogen-bond donors (Lipinski definition) is 2. The molecule has 76 valence electrons. The van der Waals surface area contributed by atoms with Gasteiger partial charge in [0, 0.05) is 12.5 Å². The summed E-state index contributed by atoms with van der Waals surface area (Å²) in [7, 11) is 1.84. The van der Waals surface area contributed by atoms with Gasteiger partial charge in [-0.3, -0.25) is 9.69 Å². The summed E-state index contributed by atoms with van der Waals surface area (Å²) in [6.45, 7) is 2.28. The smallest absolute Gasteiger partial charge is 0.231 e. The number of primary amides is 1. The summed E-state index contributed by atoms with van der Waals surface area (Å²) in [6, 6.07) is 0.213. The van der Waals surface area contributed by atoms with Crippen LogP contribution in [0.2, 0.25) is 0 Å². The molecule has 13 heavy (non-hydrogen) atoms. The molecular formula is C8H17N3OS. The minimum Gasteiger partial charge on any atom is -0.393 e. The molecular weight excluding hydrogens is 186 g/mol. The van der Waals surface area contributed by atoms with Gasteiger partial charge >= 0.3 is 0 Å². The number of hydrogen-bond acceptors (Lipinski definition) is 3. The average Bonchev–Trinajstić information content (AvgIpc) is 1.98. The SMILES string of the molecule is CCC(CC(N)=S)N(C)CC(N)=O. The van der Waals surface area contributed by atoms with Gasteiger partial charge in [-0.05, 0) is 13.5 Å². The quantitative estimate of drug-likeness (QED) is 0.589. The molecule has 0 spiro atoms. The summed E-state index contributed by atoms with van der Waals surface area (Å²) in [6.07, 6.45) is 1.54. The number of likely N-dealkylation sites (N-methyl/N-ethyl adjacent to an activating group) is 1. The first kappa shape index (κ1) is 12.3. The summed E-state index contributed by atoms with van der Waals surface area (Å²) in [5, 5.41) is 0. The van der Waals surface area contributed by atoms with Gasteiger partial charge in [-0.15, -0.1) is 0 Å². The number of thiocarbonyl (C=S) groups is 1. The Labute approximate surface area is 84.3 Å². The Kier molecular flexibility index (Phi) is 5.57. The van der Waals surface area contributed by atoms with E-state index in [0.29, 0.717) is 11.4 Å². The molecule has 0 saturated heterocycles. The van der Waals surface area contributed by atoms with Crippen molar-refractivity contribution >= 4 is 23.1 Å². The highest BCUT2D eigenvalue weighted by atomic mass is 32.1. The van der Waals surface area contributed by atoms with E-state index in [0.717, 1.165) is 6.42 Å². The maximum atomic E-state index is 10.6. The zero-order valence-electron chi connectivity index (χ0n) is 8.12.